The summed E-state index contributed by atoms with van der Waals surface area (Å²) in [5.41, 5.74) is 1.20. The molecule has 0 saturated carbocycles. The van der Waals surface area contributed by atoms with Crippen LogP contribution in [0, 0.1) is 0 Å². The molecule has 0 spiro atoms. The Morgan fingerprint density at radius 3 is 2.44 bits per heavy atom. The highest BCUT2D eigenvalue weighted by Gasteiger charge is 2.19. The lowest BCUT2D eigenvalue weighted by Crippen LogP contribution is -2.20. The summed E-state index contributed by atoms with van der Waals surface area (Å²) in [6.45, 7) is 10.5. The summed E-state index contributed by atoms with van der Waals surface area (Å²) < 4.78 is 0. The number of benzene rings is 1. The van der Waals surface area contributed by atoms with Crippen LogP contribution in [-0.2, 0) is 0 Å². The fourth-order valence-electron chi connectivity index (χ4n) is 1.77. The van der Waals surface area contributed by atoms with Gasteiger partial charge in [0.05, 0.1) is 0 Å². The van der Waals surface area contributed by atoms with Gasteiger partial charge in [-0.1, -0.05) is 56.9 Å². The van der Waals surface area contributed by atoms with Gasteiger partial charge < -0.3 is 0 Å². The summed E-state index contributed by atoms with van der Waals surface area (Å²) in [5.74, 6) is 0. The minimum Gasteiger partial charge on any atom is -0.293 e. The molecule has 0 aliphatic carbocycles. The standard InChI is InChI=1S/C15H25NSSi/c1-5-15(17-18(2,3)4)11-12-16-13-14-9-7-6-8-10-14/h6-10,13,15H,5,11-12H2,1-4H3. The fraction of sp³-hybridized carbons (Fsp3) is 0.533. The average Bonchev–Trinajstić information content (AvgIpc) is 2.33. The van der Waals surface area contributed by atoms with Gasteiger partial charge in [0.25, 0.3) is 0 Å². The van der Waals surface area contributed by atoms with Crippen LogP contribution < -0.4 is 0 Å². The molecule has 0 aromatic heterocycles. The maximum absolute atomic E-state index is 4.54. The molecule has 0 aliphatic rings. The molecule has 18 heavy (non-hydrogen) atoms. The van der Waals surface area contributed by atoms with Crippen LogP contribution in [0.5, 0.6) is 0 Å². The largest absolute Gasteiger partial charge is 0.293 e. The van der Waals surface area contributed by atoms with Crippen LogP contribution in [0.2, 0.25) is 19.6 Å². The Hall–Kier alpha value is -0.543. The zero-order chi connectivity index (χ0) is 13.4. The molecule has 1 aromatic carbocycles. The second kappa shape index (κ2) is 7.80. The number of nitrogens with zero attached hydrogens (tertiary/aromatic N) is 1. The van der Waals surface area contributed by atoms with Gasteiger partial charge in [-0.05, 0) is 18.4 Å². The van der Waals surface area contributed by atoms with E-state index >= 15 is 0 Å². The van der Waals surface area contributed by atoms with Gasteiger partial charge in [-0.15, -0.1) is 0 Å². The van der Waals surface area contributed by atoms with Gasteiger partial charge in [-0.2, -0.15) is 11.2 Å². The Balaban J connectivity index is 2.34. The minimum atomic E-state index is -1.00. The summed E-state index contributed by atoms with van der Waals surface area (Å²) in [5, 5.41) is 0.782. The van der Waals surface area contributed by atoms with E-state index in [9.17, 15) is 0 Å². The van der Waals surface area contributed by atoms with Crippen LogP contribution in [0.4, 0.5) is 0 Å². The van der Waals surface area contributed by atoms with Crippen LogP contribution in [-0.4, -0.2) is 25.2 Å². The monoisotopic (exact) mass is 279 g/mol. The zero-order valence-electron chi connectivity index (χ0n) is 12.0. The smallest absolute Gasteiger partial charge is 0.108 e. The van der Waals surface area contributed by atoms with Crippen molar-refractivity contribution in [2.45, 2.75) is 44.7 Å². The lowest BCUT2D eigenvalue weighted by molar-refractivity contribution is 0.750. The van der Waals surface area contributed by atoms with Crippen molar-refractivity contribution in [2.75, 3.05) is 6.54 Å². The molecule has 0 amide bonds. The highest BCUT2D eigenvalue weighted by molar-refractivity contribution is 8.29. The summed E-state index contributed by atoms with van der Waals surface area (Å²) in [4.78, 5) is 4.54. The third-order valence-corrected chi connectivity index (χ3v) is 7.33. The summed E-state index contributed by atoms with van der Waals surface area (Å²) in [6, 6.07) is 10.3. The topological polar surface area (TPSA) is 12.4 Å². The van der Waals surface area contributed by atoms with E-state index in [1.54, 1.807) is 0 Å². The molecule has 0 radical (unpaired) electrons. The first-order chi connectivity index (χ1) is 8.51. The summed E-state index contributed by atoms with van der Waals surface area (Å²) in [7, 11) is -1.00. The van der Waals surface area contributed by atoms with Gasteiger partial charge in [0, 0.05) is 18.0 Å². The van der Waals surface area contributed by atoms with Crippen LogP contribution in [0.1, 0.15) is 25.3 Å². The molecule has 0 heterocycles. The van der Waals surface area contributed by atoms with Gasteiger partial charge in [-0.25, -0.2) is 0 Å². The molecule has 3 heteroatoms. The van der Waals surface area contributed by atoms with E-state index in [1.807, 2.05) is 12.3 Å². The summed E-state index contributed by atoms with van der Waals surface area (Å²) in [6.07, 6.45) is 4.45. The zero-order valence-corrected chi connectivity index (χ0v) is 13.8. The number of hydrogen-bond donors (Lipinski definition) is 0. The maximum Gasteiger partial charge on any atom is 0.108 e. The van der Waals surface area contributed by atoms with Gasteiger partial charge in [0.2, 0.25) is 0 Å². The molecule has 100 valence electrons. The molecule has 0 aliphatic heterocycles. The molecular weight excluding hydrogens is 254 g/mol. The van der Waals surface area contributed by atoms with Crippen molar-refractivity contribution in [3.63, 3.8) is 0 Å². The Bertz CT molecular complexity index is 357. The van der Waals surface area contributed by atoms with E-state index in [0.717, 1.165) is 11.8 Å². The molecule has 1 atom stereocenters. The predicted octanol–water partition coefficient (Wildman–Crippen LogP) is 4.84. The van der Waals surface area contributed by atoms with Crippen molar-refractivity contribution >= 4 is 24.6 Å². The van der Waals surface area contributed by atoms with E-state index in [4.69, 9.17) is 0 Å². The van der Waals surface area contributed by atoms with Crippen molar-refractivity contribution in [3.8, 4) is 0 Å². The van der Waals surface area contributed by atoms with E-state index in [2.05, 4.69) is 67.0 Å². The van der Waals surface area contributed by atoms with E-state index in [0.29, 0.717) is 0 Å². The summed E-state index contributed by atoms with van der Waals surface area (Å²) >= 11 is 2.21. The third kappa shape index (κ3) is 7.02. The molecule has 1 rings (SSSR count). The number of aliphatic imine (C=N–C) groups is 1. The molecular formula is C15H25NSSi. The Morgan fingerprint density at radius 2 is 1.89 bits per heavy atom. The van der Waals surface area contributed by atoms with Gasteiger partial charge in [0.15, 0.2) is 0 Å². The Morgan fingerprint density at radius 1 is 1.22 bits per heavy atom. The van der Waals surface area contributed by atoms with E-state index < -0.39 is 7.22 Å². The lowest BCUT2D eigenvalue weighted by Gasteiger charge is -2.22. The normalized spacial score (nSPS) is 14.0. The second-order valence-corrected chi connectivity index (χ2v) is 15.0. The Kier molecular flexibility index (Phi) is 6.72. The van der Waals surface area contributed by atoms with Crippen LogP contribution in [0.3, 0.4) is 0 Å². The molecule has 1 aromatic rings. The first-order valence-corrected chi connectivity index (χ1v) is 11.8. The van der Waals surface area contributed by atoms with E-state index in [-0.39, 0.29) is 0 Å². The van der Waals surface area contributed by atoms with Crippen molar-refractivity contribution in [1.29, 1.82) is 0 Å². The Labute approximate surface area is 117 Å². The molecule has 0 saturated heterocycles. The van der Waals surface area contributed by atoms with Crippen LogP contribution >= 0.6 is 11.2 Å². The second-order valence-electron chi connectivity index (χ2n) is 5.50. The predicted molar refractivity (Wildman–Crippen MR) is 88.5 cm³/mol. The van der Waals surface area contributed by atoms with Crippen molar-refractivity contribution in [3.05, 3.63) is 35.9 Å². The van der Waals surface area contributed by atoms with Crippen molar-refractivity contribution < 1.29 is 0 Å². The number of rotatable bonds is 7. The number of hydrogen-bond acceptors (Lipinski definition) is 2. The maximum atomic E-state index is 4.54. The average molecular weight is 280 g/mol. The van der Waals surface area contributed by atoms with E-state index in [1.165, 1.54) is 18.4 Å². The fourth-order valence-corrected chi connectivity index (χ4v) is 7.02. The van der Waals surface area contributed by atoms with Gasteiger partial charge in [-0.3, -0.25) is 4.99 Å². The van der Waals surface area contributed by atoms with Crippen LogP contribution in [0.25, 0.3) is 0 Å². The molecule has 1 unspecified atom stereocenters. The van der Waals surface area contributed by atoms with Gasteiger partial charge in [0.1, 0.15) is 7.22 Å². The van der Waals surface area contributed by atoms with Crippen LogP contribution in [0.15, 0.2) is 35.3 Å². The first kappa shape index (κ1) is 15.5. The van der Waals surface area contributed by atoms with Gasteiger partial charge >= 0.3 is 0 Å². The first-order valence-electron chi connectivity index (χ1n) is 6.74. The highest BCUT2D eigenvalue weighted by atomic mass is 32.4. The molecule has 1 nitrogen and oxygen atoms in total. The molecule has 0 N–H and O–H groups in total. The molecule has 0 fully saturated rings. The quantitative estimate of drug-likeness (QED) is 0.514. The highest BCUT2D eigenvalue weighted by Crippen LogP contribution is 2.28. The van der Waals surface area contributed by atoms with Crippen molar-refractivity contribution in [2.24, 2.45) is 4.99 Å². The van der Waals surface area contributed by atoms with Crippen molar-refractivity contribution in [1.82, 2.24) is 0 Å². The lowest BCUT2D eigenvalue weighted by atomic mass is 10.2. The SMILES string of the molecule is CCC(CCN=Cc1ccccc1)S[Si](C)(C)C. The molecule has 0 bridgehead atoms. The minimum absolute atomic E-state index is 0.782. The third-order valence-electron chi connectivity index (χ3n) is 2.60.